The van der Waals surface area contributed by atoms with Gasteiger partial charge in [0.2, 0.25) is 0 Å². The van der Waals surface area contributed by atoms with Crippen molar-refractivity contribution in [3.05, 3.63) is 81.6 Å². The van der Waals surface area contributed by atoms with Crippen molar-refractivity contribution in [1.29, 1.82) is 0 Å². The quantitative estimate of drug-likeness (QED) is 0.653. The minimum Gasteiger partial charge on any atom is -0.348 e. The summed E-state index contributed by atoms with van der Waals surface area (Å²) in [6.45, 7) is 1.32. The number of para-hydroxylation sites is 1. The summed E-state index contributed by atoms with van der Waals surface area (Å²) >= 11 is 0. The molecule has 2 aromatic carbocycles. The second-order valence-corrected chi connectivity index (χ2v) is 8.63. The lowest BCUT2D eigenvalue weighted by atomic mass is 9.94. The number of carbonyl (C=O) groups excluding carboxylic acids is 1. The Kier molecular flexibility index (Phi) is 6.52. The van der Waals surface area contributed by atoms with Crippen LogP contribution in [0.4, 0.5) is 0 Å². The Morgan fingerprint density at radius 1 is 1.03 bits per heavy atom. The average Bonchev–Trinajstić information content (AvgIpc) is 2.81. The first kappa shape index (κ1) is 21.3. The molecule has 5 heteroatoms. The lowest BCUT2D eigenvalue weighted by molar-refractivity contribution is 0.0952. The van der Waals surface area contributed by atoms with Crippen molar-refractivity contribution in [2.45, 2.75) is 51.2 Å². The van der Waals surface area contributed by atoms with Crippen LogP contribution in [-0.4, -0.2) is 28.5 Å². The standard InChI is InChI=1S/C26H31N3O2/c1-28(21-12-4-3-5-13-21)18-20-11-7-6-10-19(20)17-27-26(31)23-16-25(30)29(2)24-15-9-8-14-22(23)24/h6-11,14-16,21H,3-5,12-13,17-18H2,1-2H3,(H,27,31). The number of hydrogen-bond donors (Lipinski definition) is 1. The Balaban J connectivity index is 1.50. The first-order valence-electron chi connectivity index (χ1n) is 11.2. The molecule has 4 rings (SSSR count). The molecule has 3 aromatic rings. The maximum absolute atomic E-state index is 13.0. The molecule has 1 N–H and O–H groups in total. The Labute approximate surface area is 183 Å². The van der Waals surface area contributed by atoms with Gasteiger partial charge in [-0.1, -0.05) is 61.7 Å². The summed E-state index contributed by atoms with van der Waals surface area (Å²) in [5.41, 5.74) is 3.36. The van der Waals surface area contributed by atoms with Crippen molar-refractivity contribution in [2.24, 2.45) is 7.05 Å². The molecule has 1 saturated carbocycles. The van der Waals surface area contributed by atoms with Crippen LogP contribution < -0.4 is 10.9 Å². The van der Waals surface area contributed by atoms with Crippen LogP contribution in [0.5, 0.6) is 0 Å². The molecule has 1 aromatic heterocycles. The van der Waals surface area contributed by atoms with E-state index in [4.69, 9.17) is 0 Å². The lowest BCUT2D eigenvalue weighted by Gasteiger charge is -2.31. The van der Waals surface area contributed by atoms with Crippen molar-refractivity contribution in [2.75, 3.05) is 7.05 Å². The van der Waals surface area contributed by atoms with Gasteiger partial charge in [0.25, 0.3) is 11.5 Å². The van der Waals surface area contributed by atoms with E-state index < -0.39 is 0 Å². The highest BCUT2D eigenvalue weighted by atomic mass is 16.2. The van der Waals surface area contributed by atoms with Crippen LogP contribution in [0.2, 0.25) is 0 Å². The van der Waals surface area contributed by atoms with Crippen LogP contribution in [-0.2, 0) is 20.1 Å². The summed E-state index contributed by atoms with van der Waals surface area (Å²) < 4.78 is 1.57. The van der Waals surface area contributed by atoms with Crippen LogP contribution in [0.3, 0.4) is 0 Å². The lowest BCUT2D eigenvalue weighted by Crippen LogP contribution is -2.33. The van der Waals surface area contributed by atoms with Crippen molar-refractivity contribution in [3.63, 3.8) is 0 Å². The van der Waals surface area contributed by atoms with Crippen LogP contribution in [0.15, 0.2) is 59.4 Å². The molecule has 0 aliphatic heterocycles. The van der Waals surface area contributed by atoms with Crippen LogP contribution in [0, 0.1) is 0 Å². The SMILES string of the molecule is CN(Cc1ccccc1CNC(=O)c1cc(=O)n(C)c2ccccc12)C1CCCCC1. The fourth-order valence-electron chi connectivity index (χ4n) is 4.67. The highest BCUT2D eigenvalue weighted by molar-refractivity contribution is 6.06. The highest BCUT2D eigenvalue weighted by Crippen LogP contribution is 2.24. The van der Waals surface area contributed by atoms with Crippen LogP contribution in [0.25, 0.3) is 10.9 Å². The van der Waals surface area contributed by atoms with Gasteiger partial charge in [-0.3, -0.25) is 14.5 Å². The Hall–Kier alpha value is -2.92. The summed E-state index contributed by atoms with van der Waals surface area (Å²) in [6.07, 6.45) is 6.52. The third-order valence-corrected chi connectivity index (χ3v) is 6.57. The molecule has 1 heterocycles. The summed E-state index contributed by atoms with van der Waals surface area (Å²) in [4.78, 5) is 27.8. The van der Waals surface area contributed by atoms with Gasteiger partial charge in [-0.25, -0.2) is 0 Å². The molecule has 1 amide bonds. The summed E-state index contributed by atoms with van der Waals surface area (Å²) in [5, 5.41) is 3.83. The van der Waals surface area contributed by atoms with E-state index in [1.807, 2.05) is 30.3 Å². The first-order chi connectivity index (χ1) is 15.0. The van der Waals surface area contributed by atoms with Crippen molar-refractivity contribution in [3.8, 4) is 0 Å². The number of nitrogens with one attached hydrogen (secondary N) is 1. The first-order valence-corrected chi connectivity index (χ1v) is 11.2. The molecule has 1 aliphatic carbocycles. The Morgan fingerprint density at radius 3 is 2.48 bits per heavy atom. The van der Waals surface area contributed by atoms with Gasteiger partial charge in [0.1, 0.15) is 0 Å². The molecule has 162 valence electrons. The molecular formula is C26H31N3O2. The molecular weight excluding hydrogens is 386 g/mol. The van der Waals surface area contributed by atoms with Crippen LogP contribution >= 0.6 is 0 Å². The third-order valence-electron chi connectivity index (χ3n) is 6.57. The summed E-state index contributed by atoms with van der Waals surface area (Å²) in [7, 11) is 3.93. The van der Waals surface area contributed by atoms with Gasteiger partial charge in [0, 0.05) is 37.6 Å². The van der Waals surface area contributed by atoms with E-state index in [0.29, 0.717) is 18.2 Å². The van der Waals surface area contributed by atoms with Gasteiger partial charge in [-0.15, -0.1) is 0 Å². The van der Waals surface area contributed by atoms with Gasteiger partial charge in [-0.05, 0) is 37.1 Å². The van der Waals surface area contributed by atoms with E-state index in [-0.39, 0.29) is 11.5 Å². The molecule has 0 radical (unpaired) electrons. The molecule has 5 nitrogen and oxygen atoms in total. The maximum atomic E-state index is 13.0. The number of pyridine rings is 1. The van der Waals surface area contributed by atoms with Gasteiger partial charge < -0.3 is 9.88 Å². The number of carbonyl (C=O) groups is 1. The van der Waals surface area contributed by atoms with Gasteiger partial charge >= 0.3 is 0 Å². The fourth-order valence-corrected chi connectivity index (χ4v) is 4.67. The van der Waals surface area contributed by atoms with Crippen LogP contribution in [0.1, 0.15) is 53.6 Å². The molecule has 0 unspecified atom stereocenters. The fraction of sp³-hybridized carbons (Fsp3) is 0.385. The number of hydrogen-bond acceptors (Lipinski definition) is 3. The molecule has 31 heavy (non-hydrogen) atoms. The summed E-state index contributed by atoms with van der Waals surface area (Å²) in [5.74, 6) is -0.218. The minimum absolute atomic E-state index is 0.182. The molecule has 0 atom stereocenters. The van der Waals surface area contributed by atoms with Crippen molar-refractivity contribution >= 4 is 16.8 Å². The molecule has 1 aliphatic rings. The van der Waals surface area contributed by atoms with E-state index in [2.05, 4.69) is 35.5 Å². The minimum atomic E-state index is -0.218. The topological polar surface area (TPSA) is 54.3 Å². The normalized spacial score (nSPS) is 14.8. The zero-order valence-corrected chi connectivity index (χ0v) is 18.4. The molecule has 1 fully saturated rings. The van der Waals surface area contributed by atoms with Crippen molar-refractivity contribution < 1.29 is 4.79 Å². The zero-order valence-electron chi connectivity index (χ0n) is 18.4. The highest BCUT2D eigenvalue weighted by Gasteiger charge is 2.19. The number of aromatic nitrogens is 1. The van der Waals surface area contributed by atoms with E-state index in [1.54, 1.807) is 11.6 Å². The van der Waals surface area contributed by atoms with Crippen molar-refractivity contribution in [1.82, 2.24) is 14.8 Å². The number of fused-ring (bicyclic) bond motifs is 1. The number of benzene rings is 2. The predicted octanol–water partition coefficient (Wildman–Crippen LogP) is 4.23. The van der Waals surface area contributed by atoms with Gasteiger partial charge in [0.15, 0.2) is 0 Å². The largest absolute Gasteiger partial charge is 0.348 e. The Bertz CT molecular complexity index is 1130. The zero-order chi connectivity index (χ0) is 21.8. The smallest absolute Gasteiger partial charge is 0.252 e. The maximum Gasteiger partial charge on any atom is 0.252 e. The number of nitrogens with zero attached hydrogens (tertiary/aromatic N) is 2. The monoisotopic (exact) mass is 417 g/mol. The predicted molar refractivity (Wildman–Crippen MR) is 125 cm³/mol. The van der Waals surface area contributed by atoms with Gasteiger partial charge in [0.05, 0.1) is 11.1 Å². The number of amides is 1. The third kappa shape index (κ3) is 4.72. The second kappa shape index (κ2) is 9.48. The number of rotatable bonds is 6. The van der Waals surface area contributed by atoms with E-state index >= 15 is 0 Å². The second-order valence-electron chi connectivity index (χ2n) is 8.63. The molecule has 0 spiro atoms. The van der Waals surface area contributed by atoms with E-state index in [1.165, 1.54) is 43.7 Å². The number of aryl methyl sites for hydroxylation is 1. The molecule has 0 bridgehead atoms. The van der Waals surface area contributed by atoms with E-state index in [9.17, 15) is 9.59 Å². The van der Waals surface area contributed by atoms with E-state index in [0.717, 1.165) is 23.0 Å². The van der Waals surface area contributed by atoms with Gasteiger partial charge in [-0.2, -0.15) is 0 Å². The Morgan fingerprint density at radius 2 is 1.71 bits per heavy atom. The average molecular weight is 418 g/mol. The molecule has 0 saturated heterocycles. The summed E-state index contributed by atoms with van der Waals surface area (Å²) in [6, 6.07) is 17.9.